The van der Waals surface area contributed by atoms with Crippen LogP contribution in [0.15, 0.2) is 12.1 Å². The second kappa shape index (κ2) is 12.0. The molecule has 0 amide bonds. The van der Waals surface area contributed by atoms with Crippen molar-refractivity contribution in [1.82, 2.24) is 0 Å². The molecule has 1 atom stereocenters. The summed E-state index contributed by atoms with van der Waals surface area (Å²) in [6.07, 6.45) is -10.8. The maximum atomic E-state index is 14.0. The topological polar surface area (TPSA) is 122 Å². The van der Waals surface area contributed by atoms with E-state index in [-0.39, 0.29) is 12.5 Å². The molecule has 0 fully saturated rings. The fourth-order valence-corrected chi connectivity index (χ4v) is 3.11. The van der Waals surface area contributed by atoms with Crippen molar-refractivity contribution in [2.75, 3.05) is 6.61 Å². The van der Waals surface area contributed by atoms with Crippen molar-refractivity contribution in [3.63, 3.8) is 0 Å². The van der Waals surface area contributed by atoms with Gasteiger partial charge in [-0.15, -0.1) is 0 Å². The predicted octanol–water partition coefficient (Wildman–Crippen LogP) is 8.54. The van der Waals surface area contributed by atoms with Gasteiger partial charge in [0.25, 0.3) is 5.69 Å². The monoisotopic (exact) mass is 716 g/mol. The molecule has 0 heterocycles. The molecule has 0 aliphatic heterocycles. The number of rotatable bonds is 13. The number of nitro benzene ring substituents is 2. The third-order valence-electron chi connectivity index (χ3n) is 5.98. The number of halogens is 17. The maximum absolute atomic E-state index is 14.0. The maximum Gasteiger partial charge on any atom is 0.514 e. The van der Waals surface area contributed by atoms with Gasteiger partial charge >= 0.3 is 59.5 Å². The van der Waals surface area contributed by atoms with E-state index in [1.54, 1.807) is 0 Å². The number of alkyl halides is 17. The molecular weight excluding hydrogens is 703 g/mol. The molecule has 46 heavy (non-hydrogen) atoms. The van der Waals surface area contributed by atoms with Crippen molar-refractivity contribution in [3.05, 3.63) is 37.9 Å². The Bertz CT molecular complexity index is 1350. The van der Waals surface area contributed by atoms with Crippen LogP contribution in [-0.2, 0) is 4.74 Å². The molecule has 0 aromatic heterocycles. The van der Waals surface area contributed by atoms with Crippen LogP contribution in [0, 0.1) is 20.2 Å². The molecule has 264 valence electrons. The number of ether oxygens (including phenoxy) is 2. The molecule has 0 saturated carbocycles. The standard InChI is InChI=1S/C20H13F17N2O7/c1-3-7(2)9-4-8(38(41)42)5-10(39(43)44)11(9)46-12(40)45-6-13(21,22)14(23,24)15(25,26)16(27,28)17(29,30)18(31,32)19(33,34)20(35,36)37/h4-5,7H,3,6H2,1-2H3. The first-order valence-corrected chi connectivity index (χ1v) is 11.2. The first-order valence-electron chi connectivity index (χ1n) is 11.2. The van der Waals surface area contributed by atoms with E-state index in [1.165, 1.54) is 13.8 Å². The van der Waals surface area contributed by atoms with E-state index in [9.17, 15) is 99.7 Å². The number of hydrogen-bond acceptors (Lipinski definition) is 7. The minimum absolute atomic E-state index is 0.0735. The van der Waals surface area contributed by atoms with E-state index in [0.717, 1.165) is 0 Å². The molecule has 0 N–H and O–H groups in total. The van der Waals surface area contributed by atoms with E-state index >= 15 is 0 Å². The van der Waals surface area contributed by atoms with Crippen LogP contribution >= 0.6 is 0 Å². The Hall–Kier alpha value is -3.90. The van der Waals surface area contributed by atoms with E-state index in [4.69, 9.17) is 0 Å². The molecule has 0 saturated heterocycles. The minimum atomic E-state index is -8.86. The van der Waals surface area contributed by atoms with Gasteiger partial charge in [0.1, 0.15) is 0 Å². The number of benzene rings is 1. The van der Waals surface area contributed by atoms with Gasteiger partial charge in [-0.3, -0.25) is 20.2 Å². The smallest absolute Gasteiger partial charge is 0.427 e. The fraction of sp³-hybridized carbons (Fsp3) is 0.650. The minimum Gasteiger partial charge on any atom is -0.427 e. The molecule has 0 spiro atoms. The average Bonchev–Trinajstić information content (AvgIpc) is 2.89. The van der Waals surface area contributed by atoms with E-state index in [2.05, 4.69) is 9.47 Å². The van der Waals surface area contributed by atoms with Crippen molar-refractivity contribution < 1.29 is 98.8 Å². The summed E-state index contributed by atoms with van der Waals surface area (Å²) in [4.78, 5) is 31.5. The third-order valence-corrected chi connectivity index (χ3v) is 5.98. The lowest BCUT2D eigenvalue weighted by Crippen LogP contribution is -2.74. The SMILES string of the molecule is CCC(C)c1cc([N+](=O)[O-])cc([N+](=O)[O-])c1OC(=O)OCC(F)(F)C(F)(F)C(F)(F)C(F)(F)C(F)(F)C(F)(F)C(F)(F)C(F)(F)F. The van der Waals surface area contributed by atoms with Gasteiger partial charge in [-0.2, -0.15) is 74.6 Å². The van der Waals surface area contributed by atoms with Gasteiger partial charge in [0, 0.05) is 11.6 Å². The Morgan fingerprint density at radius 3 is 1.50 bits per heavy atom. The van der Waals surface area contributed by atoms with Gasteiger partial charge in [-0.05, 0) is 12.3 Å². The molecule has 1 aromatic rings. The van der Waals surface area contributed by atoms with Crippen molar-refractivity contribution in [2.45, 2.75) is 73.8 Å². The highest BCUT2D eigenvalue weighted by molar-refractivity contribution is 5.70. The Morgan fingerprint density at radius 2 is 1.13 bits per heavy atom. The Balaban J connectivity index is 3.51. The van der Waals surface area contributed by atoms with Crippen LogP contribution in [0.2, 0.25) is 0 Å². The highest BCUT2D eigenvalue weighted by Crippen LogP contribution is 2.64. The number of nitrogens with zero attached hydrogens (tertiary/aromatic N) is 2. The van der Waals surface area contributed by atoms with Gasteiger partial charge in [0.2, 0.25) is 5.75 Å². The summed E-state index contributed by atoms with van der Waals surface area (Å²) in [6.45, 7) is -1.16. The van der Waals surface area contributed by atoms with Crippen molar-refractivity contribution in [1.29, 1.82) is 0 Å². The normalized spacial score (nSPS) is 14.9. The van der Waals surface area contributed by atoms with E-state index < -0.39 is 98.8 Å². The zero-order chi connectivity index (χ0) is 36.9. The molecule has 0 radical (unpaired) electrons. The van der Waals surface area contributed by atoms with Crippen LogP contribution in [0.3, 0.4) is 0 Å². The second-order valence-electron chi connectivity index (χ2n) is 9.00. The summed E-state index contributed by atoms with van der Waals surface area (Å²) in [6, 6.07) is 0.631. The van der Waals surface area contributed by atoms with Gasteiger partial charge in [-0.1, -0.05) is 13.8 Å². The Kier molecular flexibility index (Phi) is 10.5. The van der Waals surface area contributed by atoms with Crippen LogP contribution < -0.4 is 4.74 Å². The Morgan fingerprint density at radius 1 is 0.717 bits per heavy atom. The predicted molar refractivity (Wildman–Crippen MR) is 111 cm³/mol. The lowest BCUT2D eigenvalue weighted by Gasteiger charge is -2.42. The highest BCUT2D eigenvalue weighted by atomic mass is 19.4. The molecule has 0 aliphatic carbocycles. The number of carbonyl (C=O) groups is 1. The molecular formula is C20H13F17N2O7. The van der Waals surface area contributed by atoms with Gasteiger partial charge in [-0.25, -0.2) is 4.79 Å². The first kappa shape index (κ1) is 40.1. The number of nitro groups is 2. The van der Waals surface area contributed by atoms with E-state index in [1.807, 2.05) is 0 Å². The second-order valence-corrected chi connectivity index (χ2v) is 9.00. The molecule has 1 unspecified atom stereocenters. The summed E-state index contributed by atoms with van der Waals surface area (Å²) >= 11 is 0. The van der Waals surface area contributed by atoms with Crippen molar-refractivity contribution in [2.24, 2.45) is 0 Å². The zero-order valence-corrected chi connectivity index (χ0v) is 21.8. The fourth-order valence-electron chi connectivity index (χ4n) is 3.11. The first-order chi connectivity index (χ1) is 20.2. The quantitative estimate of drug-likeness (QED) is 0.0660. The summed E-state index contributed by atoms with van der Waals surface area (Å²) in [7, 11) is 0. The van der Waals surface area contributed by atoms with Gasteiger partial charge in [0.15, 0.2) is 6.61 Å². The largest absolute Gasteiger partial charge is 0.514 e. The van der Waals surface area contributed by atoms with Crippen molar-refractivity contribution in [3.8, 4) is 5.75 Å². The summed E-state index contributed by atoms with van der Waals surface area (Å²) in [5.74, 6) is -61.1. The molecule has 0 aliphatic rings. The summed E-state index contributed by atoms with van der Waals surface area (Å²) in [5.41, 5.74) is -3.17. The number of carbonyl (C=O) groups excluding carboxylic acids is 1. The van der Waals surface area contributed by atoms with Crippen LogP contribution in [0.1, 0.15) is 31.7 Å². The summed E-state index contributed by atoms with van der Waals surface area (Å²) < 4.78 is 234. The third kappa shape index (κ3) is 6.24. The highest BCUT2D eigenvalue weighted by Gasteiger charge is 2.95. The van der Waals surface area contributed by atoms with Gasteiger partial charge in [0.05, 0.1) is 15.9 Å². The molecule has 1 aromatic carbocycles. The average molecular weight is 716 g/mol. The molecule has 26 heteroatoms. The number of non-ortho nitro benzene ring substituents is 1. The number of hydrogen-bond donors (Lipinski definition) is 0. The molecule has 1 rings (SSSR count). The summed E-state index contributed by atoms with van der Waals surface area (Å²) in [5, 5.41) is 22.4. The zero-order valence-electron chi connectivity index (χ0n) is 21.8. The lowest BCUT2D eigenvalue weighted by molar-refractivity contribution is -0.462. The van der Waals surface area contributed by atoms with Crippen LogP contribution in [0.25, 0.3) is 0 Å². The molecule has 9 nitrogen and oxygen atoms in total. The van der Waals surface area contributed by atoms with E-state index in [0.29, 0.717) is 6.07 Å². The van der Waals surface area contributed by atoms with Crippen LogP contribution in [-0.4, -0.2) is 70.2 Å². The van der Waals surface area contributed by atoms with Crippen LogP contribution in [0.5, 0.6) is 5.75 Å². The van der Waals surface area contributed by atoms with Crippen molar-refractivity contribution >= 4 is 17.5 Å². The van der Waals surface area contributed by atoms with Crippen LogP contribution in [0.4, 0.5) is 90.8 Å². The van der Waals surface area contributed by atoms with Gasteiger partial charge < -0.3 is 9.47 Å². The lowest BCUT2D eigenvalue weighted by atomic mass is 9.89. The Labute approximate surface area is 241 Å². The molecule has 0 bridgehead atoms.